The normalized spacial score (nSPS) is 16.8. The molecule has 0 N–H and O–H groups in total. The number of thiazole rings is 1. The molecule has 4 heteroatoms. The number of hydrogen-bond donors (Lipinski definition) is 0. The Labute approximate surface area is 153 Å². The summed E-state index contributed by atoms with van der Waals surface area (Å²) in [7, 11) is 2.19. The van der Waals surface area contributed by atoms with E-state index in [0.717, 1.165) is 39.8 Å². The zero-order chi connectivity index (χ0) is 17.1. The number of nitrogens with zero attached hydrogens (tertiary/aromatic N) is 2. The first-order chi connectivity index (χ1) is 11.6. The molecular formula is C20H23ClN2S. The van der Waals surface area contributed by atoms with E-state index in [0.29, 0.717) is 5.92 Å². The molecule has 2 nitrogen and oxygen atoms in total. The predicted octanol–water partition coefficient (Wildman–Crippen LogP) is 5.86. The molecule has 126 valence electrons. The van der Waals surface area contributed by atoms with E-state index in [1.54, 1.807) is 11.3 Å². The van der Waals surface area contributed by atoms with Crippen LogP contribution in [0.1, 0.15) is 35.6 Å². The van der Waals surface area contributed by atoms with E-state index >= 15 is 0 Å². The van der Waals surface area contributed by atoms with Crippen molar-refractivity contribution in [2.75, 3.05) is 20.1 Å². The van der Waals surface area contributed by atoms with Crippen LogP contribution in [0.5, 0.6) is 0 Å². The molecule has 0 aliphatic carbocycles. The maximum absolute atomic E-state index is 6.19. The van der Waals surface area contributed by atoms with Crippen molar-refractivity contribution < 1.29 is 0 Å². The molecule has 0 atom stereocenters. The zero-order valence-electron chi connectivity index (χ0n) is 14.3. The van der Waals surface area contributed by atoms with Gasteiger partial charge in [-0.1, -0.05) is 42.5 Å². The fraction of sp³-hybridized carbons (Fsp3) is 0.350. The van der Waals surface area contributed by atoms with Gasteiger partial charge < -0.3 is 4.90 Å². The van der Waals surface area contributed by atoms with Crippen molar-refractivity contribution in [2.45, 2.75) is 25.7 Å². The maximum atomic E-state index is 6.19. The molecule has 2 heterocycles. The smallest absolute Gasteiger partial charge is 0.0970 e. The quantitative estimate of drug-likeness (QED) is 0.636. The first-order valence-electron chi connectivity index (χ1n) is 8.35. The highest BCUT2D eigenvalue weighted by atomic mass is 35.5. The highest BCUT2D eigenvalue weighted by Gasteiger charge is 2.24. The van der Waals surface area contributed by atoms with Gasteiger partial charge in [-0.15, -0.1) is 11.3 Å². The van der Waals surface area contributed by atoms with Crippen molar-refractivity contribution >= 4 is 28.5 Å². The second-order valence-electron chi connectivity index (χ2n) is 6.34. The Morgan fingerprint density at radius 3 is 2.79 bits per heavy atom. The van der Waals surface area contributed by atoms with Crippen molar-refractivity contribution in [3.8, 4) is 11.3 Å². The van der Waals surface area contributed by atoms with Crippen LogP contribution in [0, 0.1) is 0 Å². The van der Waals surface area contributed by atoms with Gasteiger partial charge in [0, 0.05) is 16.5 Å². The Morgan fingerprint density at radius 1 is 1.38 bits per heavy atom. The van der Waals surface area contributed by atoms with Crippen LogP contribution in [0.3, 0.4) is 0 Å². The molecule has 0 saturated carbocycles. The topological polar surface area (TPSA) is 16.1 Å². The minimum Gasteiger partial charge on any atom is -0.306 e. The molecule has 3 rings (SSSR count). The lowest BCUT2D eigenvalue weighted by Crippen LogP contribution is -2.29. The number of hydrogen-bond acceptors (Lipinski definition) is 3. The molecule has 1 aromatic heterocycles. The van der Waals surface area contributed by atoms with Gasteiger partial charge in [0.05, 0.1) is 15.6 Å². The predicted molar refractivity (Wildman–Crippen MR) is 106 cm³/mol. The SMILES string of the molecule is C=C(/C=C\C)c1sc(C2CCN(C)CC2)nc1-c1cccc(Cl)c1. The van der Waals surface area contributed by atoms with Gasteiger partial charge in [0.25, 0.3) is 0 Å². The van der Waals surface area contributed by atoms with E-state index in [1.165, 1.54) is 17.8 Å². The van der Waals surface area contributed by atoms with Crippen molar-refractivity contribution in [2.24, 2.45) is 0 Å². The Morgan fingerprint density at radius 2 is 2.12 bits per heavy atom. The molecule has 0 radical (unpaired) electrons. The van der Waals surface area contributed by atoms with E-state index in [-0.39, 0.29) is 0 Å². The van der Waals surface area contributed by atoms with Gasteiger partial charge in [-0.25, -0.2) is 4.98 Å². The highest BCUT2D eigenvalue weighted by molar-refractivity contribution is 7.13. The van der Waals surface area contributed by atoms with Gasteiger partial charge in [-0.2, -0.15) is 0 Å². The lowest BCUT2D eigenvalue weighted by atomic mass is 9.98. The zero-order valence-corrected chi connectivity index (χ0v) is 15.8. The molecule has 24 heavy (non-hydrogen) atoms. The number of allylic oxidation sites excluding steroid dienone is 3. The third-order valence-corrected chi connectivity index (χ3v) is 6.00. The molecule has 1 fully saturated rings. The van der Waals surface area contributed by atoms with Crippen molar-refractivity contribution in [1.82, 2.24) is 9.88 Å². The minimum atomic E-state index is 0.552. The summed E-state index contributed by atoms with van der Waals surface area (Å²) in [6, 6.07) is 7.94. The van der Waals surface area contributed by atoms with Gasteiger partial charge in [-0.05, 0) is 57.6 Å². The van der Waals surface area contributed by atoms with Gasteiger partial charge in [-0.3, -0.25) is 0 Å². The van der Waals surface area contributed by atoms with E-state index < -0.39 is 0 Å². The van der Waals surface area contributed by atoms with E-state index in [1.807, 2.05) is 31.2 Å². The molecule has 0 bridgehead atoms. The van der Waals surface area contributed by atoms with Crippen LogP contribution < -0.4 is 0 Å². The summed E-state index contributed by atoms with van der Waals surface area (Å²) >= 11 is 7.99. The maximum Gasteiger partial charge on any atom is 0.0970 e. The molecule has 1 saturated heterocycles. The van der Waals surface area contributed by atoms with E-state index in [2.05, 4.69) is 30.7 Å². The lowest BCUT2D eigenvalue weighted by molar-refractivity contribution is 0.255. The van der Waals surface area contributed by atoms with Crippen LogP contribution >= 0.6 is 22.9 Å². The summed E-state index contributed by atoms with van der Waals surface area (Å²) < 4.78 is 0. The van der Waals surface area contributed by atoms with Gasteiger partial charge in [0.2, 0.25) is 0 Å². The molecular weight excluding hydrogens is 336 g/mol. The number of piperidine rings is 1. The van der Waals surface area contributed by atoms with Gasteiger partial charge in [0.15, 0.2) is 0 Å². The van der Waals surface area contributed by atoms with Crippen LogP contribution in [-0.4, -0.2) is 30.0 Å². The van der Waals surface area contributed by atoms with Crippen molar-refractivity contribution in [3.63, 3.8) is 0 Å². The number of halogens is 1. The van der Waals surface area contributed by atoms with Gasteiger partial charge in [0.1, 0.15) is 0 Å². The Bertz CT molecular complexity index is 755. The summed E-state index contributed by atoms with van der Waals surface area (Å²) in [5, 5.41) is 1.97. The second kappa shape index (κ2) is 7.64. The molecule has 0 amide bonds. The third kappa shape index (κ3) is 3.80. The third-order valence-electron chi connectivity index (χ3n) is 4.47. The lowest BCUT2D eigenvalue weighted by Gasteiger charge is -2.27. The summed E-state index contributed by atoms with van der Waals surface area (Å²) in [6.07, 6.45) is 6.43. The summed E-state index contributed by atoms with van der Waals surface area (Å²) in [6.45, 7) is 8.53. The average Bonchev–Trinajstić information content (AvgIpc) is 3.01. The fourth-order valence-corrected chi connectivity index (χ4v) is 4.49. The number of aromatic nitrogens is 1. The Kier molecular flexibility index (Phi) is 5.54. The molecule has 0 unspecified atom stereocenters. The van der Waals surface area contributed by atoms with E-state index in [9.17, 15) is 0 Å². The van der Waals surface area contributed by atoms with E-state index in [4.69, 9.17) is 16.6 Å². The average molecular weight is 359 g/mol. The first-order valence-corrected chi connectivity index (χ1v) is 9.55. The molecule has 1 aliphatic heterocycles. The number of likely N-dealkylation sites (tertiary alicyclic amines) is 1. The summed E-state index contributed by atoms with van der Waals surface area (Å²) in [5.41, 5.74) is 3.10. The molecule has 1 aromatic carbocycles. The molecule has 0 spiro atoms. The standard InChI is InChI=1S/C20H23ClN2S/c1-4-6-14(2)19-18(16-7-5-8-17(21)13-16)22-20(24-19)15-9-11-23(3)12-10-15/h4-8,13,15H,2,9-12H2,1,3H3/b6-4-. The van der Waals surface area contributed by atoms with Crippen LogP contribution in [0.2, 0.25) is 5.02 Å². The summed E-state index contributed by atoms with van der Waals surface area (Å²) in [5.74, 6) is 0.552. The Hall–Kier alpha value is -1.42. The minimum absolute atomic E-state index is 0.552. The van der Waals surface area contributed by atoms with Gasteiger partial charge >= 0.3 is 0 Å². The van der Waals surface area contributed by atoms with Crippen molar-refractivity contribution in [1.29, 1.82) is 0 Å². The van der Waals surface area contributed by atoms with Crippen LogP contribution in [0.15, 0.2) is 43.0 Å². The van der Waals surface area contributed by atoms with Crippen LogP contribution in [0.25, 0.3) is 16.8 Å². The fourth-order valence-electron chi connectivity index (χ4n) is 3.09. The largest absolute Gasteiger partial charge is 0.306 e. The Balaban J connectivity index is 2.01. The van der Waals surface area contributed by atoms with Crippen molar-refractivity contribution in [3.05, 3.63) is 57.9 Å². The molecule has 2 aromatic rings. The van der Waals surface area contributed by atoms with Crippen LogP contribution in [-0.2, 0) is 0 Å². The van der Waals surface area contributed by atoms with Crippen LogP contribution in [0.4, 0.5) is 0 Å². The monoisotopic (exact) mass is 358 g/mol. The number of benzene rings is 1. The second-order valence-corrected chi connectivity index (χ2v) is 7.81. The summed E-state index contributed by atoms with van der Waals surface area (Å²) in [4.78, 5) is 8.57. The molecule has 1 aliphatic rings. The highest BCUT2D eigenvalue weighted by Crippen LogP contribution is 2.39. The first kappa shape index (κ1) is 17.4. The number of rotatable bonds is 4.